The molecule has 0 spiro atoms. The number of carbonyl (C=O) groups excluding carboxylic acids is 1. The fraction of sp³-hybridized carbons (Fsp3) is 0.286. The lowest BCUT2D eigenvalue weighted by atomic mass is 10.2. The Morgan fingerprint density at radius 2 is 2.00 bits per heavy atom. The molecule has 0 aliphatic rings. The fourth-order valence-corrected chi connectivity index (χ4v) is 2.06. The van der Waals surface area contributed by atoms with Crippen LogP contribution >= 0.6 is 15.9 Å². The molecule has 0 saturated carbocycles. The Labute approximate surface area is 126 Å². The van der Waals surface area contributed by atoms with Crippen LogP contribution in [0.5, 0.6) is 0 Å². The summed E-state index contributed by atoms with van der Waals surface area (Å²) in [7, 11) is 1.75. The highest BCUT2D eigenvalue weighted by atomic mass is 79.9. The SMILES string of the molecule is Cc1noc(C)c1NC(=O)N(C)Cc1ccc(Br)cc1. The van der Waals surface area contributed by atoms with Crippen molar-refractivity contribution in [2.75, 3.05) is 12.4 Å². The molecule has 6 heteroatoms. The molecule has 0 atom stereocenters. The zero-order chi connectivity index (χ0) is 14.7. The van der Waals surface area contributed by atoms with Gasteiger partial charge in [0.2, 0.25) is 0 Å². The van der Waals surface area contributed by atoms with Crippen LogP contribution in [0.3, 0.4) is 0 Å². The molecule has 1 aromatic heterocycles. The van der Waals surface area contributed by atoms with E-state index in [2.05, 4.69) is 26.4 Å². The lowest BCUT2D eigenvalue weighted by molar-refractivity contribution is 0.220. The Kier molecular flexibility index (Phi) is 4.44. The summed E-state index contributed by atoms with van der Waals surface area (Å²) in [6.45, 7) is 4.09. The maximum absolute atomic E-state index is 12.1. The number of aromatic nitrogens is 1. The molecule has 0 unspecified atom stereocenters. The molecule has 5 nitrogen and oxygen atoms in total. The van der Waals surface area contributed by atoms with Gasteiger partial charge in [-0.25, -0.2) is 4.79 Å². The average molecular weight is 338 g/mol. The number of urea groups is 1. The molecule has 1 heterocycles. The third-order valence-electron chi connectivity index (χ3n) is 2.95. The number of aryl methyl sites for hydroxylation is 2. The van der Waals surface area contributed by atoms with Crippen molar-refractivity contribution in [3.63, 3.8) is 0 Å². The van der Waals surface area contributed by atoms with E-state index in [0.29, 0.717) is 23.7 Å². The summed E-state index contributed by atoms with van der Waals surface area (Å²) in [5.41, 5.74) is 2.37. The monoisotopic (exact) mass is 337 g/mol. The average Bonchev–Trinajstić information content (AvgIpc) is 2.73. The quantitative estimate of drug-likeness (QED) is 0.928. The number of carbonyl (C=O) groups is 1. The lowest BCUT2D eigenvalue weighted by Crippen LogP contribution is -2.31. The smallest absolute Gasteiger partial charge is 0.322 e. The van der Waals surface area contributed by atoms with E-state index in [0.717, 1.165) is 10.0 Å². The van der Waals surface area contributed by atoms with Crippen molar-refractivity contribution < 1.29 is 9.32 Å². The van der Waals surface area contributed by atoms with Gasteiger partial charge in [0.1, 0.15) is 11.4 Å². The molecule has 0 bridgehead atoms. The third kappa shape index (κ3) is 3.39. The van der Waals surface area contributed by atoms with Gasteiger partial charge in [-0.1, -0.05) is 33.2 Å². The minimum atomic E-state index is -0.192. The van der Waals surface area contributed by atoms with Crippen LogP contribution in [0.15, 0.2) is 33.3 Å². The number of rotatable bonds is 3. The van der Waals surface area contributed by atoms with Gasteiger partial charge in [0.05, 0.1) is 0 Å². The second kappa shape index (κ2) is 6.09. The highest BCUT2D eigenvalue weighted by molar-refractivity contribution is 9.10. The Morgan fingerprint density at radius 1 is 1.35 bits per heavy atom. The fourth-order valence-electron chi connectivity index (χ4n) is 1.80. The molecular weight excluding hydrogens is 322 g/mol. The summed E-state index contributed by atoms with van der Waals surface area (Å²) in [6, 6.07) is 7.67. The van der Waals surface area contributed by atoms with E-state index in [-0.39, 0.29) is 6.03 Å². The summed E-state index contributed by atoms with van der Waals surface area (Å²) in [6.07, 6.45) is 0. The molecule has 106 valence electrons. The minimum Gasteiger partial charge on any atom is -0.359 e. The van der Waals surface area contributed by atoms with Crippen LogP contribution in [-0.4, -0.2) is 23.1 Å². The number of nitrogens with zero attached hydrogens (tertiary/aromatic N) is 2. The molecular formula is C14H16BrN3O2. The van der Waals surface area contributed by atoms with Crippen molar-refractivity contribution in [2.24, 2.45) is 0 Å². The first kappa shape index (κ1) is 14.6. The van der Waals surface area contributed by atoms with Gasteiger partial charge in [0.15, 0.2) is 5.76 Å². The summed E-state index contributed by atoms with van der Waals surface area (Å²) >= 11 is 3.39. The predicted molar refractivity (Wildman–Crippen MR) is 80.6 cm³/mol. The van der Waals surface area contributed by atoms with E-state index >= 15 is 0 Å². The number of nitrogens with one attached hydrogen (secondary N) is 1. The summed E-state index contributed by atoms with van der Waals surface area (Å²) in [5.74, 6) is 0.605. The van der Waals surface area contributed by atoms with Crippen LogP contribution in [0.1, 0.15) is 17.0 Å². The lowest BCUT2D eigenvalue weighted by Gasteiger charge is -2.18. The first-order valence-electron chi connectivity index (χ1n) is 6.17. The first-order valence-corrected chi connectivity index (χ1v) is 6.96. The minimum absolute atomic E-state index is 0.192. The van der Waals surface area contributed by atoms with Crippen molar-refractivity contribution in [1.29, 1.82) is 0 Å². The Morgan fingerprint density at radius 3 is 2.55 bits per heavy atom. The van der Waals surface area contributed by atoms with Gasteiger partial charge in [-0.3, -0.25) is 0 Å². The number of anilines is 1. The van der Waals surface area contributed by atoms with E-state index in [1.54, 1.807) is 25.8 Å². The molecule has 1 N–H and O–H groups in total. The number of halogens is 1. The number of amides is 2. The van der Waals surface area contributed by atoms with Crippen LogP contribution in [0, 0.1) is 13.8 Å². The first-order chi connectivity index (χ1) is 9.47. The summed E-state index contributed by atoms with van der Waals surface area (Å²) in [4.78, 5) is 13.7. The number of hydrogen-bond acceptors (Lipinski definition) is 3. The normalized spacial score (nSPS) is 10.4. The van der Waals surface area contributed by atoms with Gasteiger partial charge >= 0.3 is 6.03 Å². The zero-order valence-electron chi connectivity index (χ0n) is 11.6. The largest absolute Gasteiger partial charge is 0.359 e. The van der Waals surface area contributed by atoms with Gasteiger partial charge in [-0.05, 0) is 31.5 Å². The maximum atomic E-state index is 12.1. The highest BCUT2D eigenvalue weighted by Gasteiger charge is 2.15. The van der Waals surface area contributed by atoms with Crippen LogP contribution < -0.4 is 5.32 Å². The van der Waals surface area contributed by atoms with Crippen LogP contribution in [0.4, 0.5) is 10.5 Å². The van der Waals surface area contributed by atoms with Gasteiger partial charge < -0.3 is 14.7 Å². The number of hydrogen-bond donors (Lipinski definition) is 1. The van der Waals surface area contributed by atoms with Crippen molar-refractivity contribution in [3.8, 4) is 0 Å². The molecule has 2 rings (SSSR count). The second-order valence-corrected chi connectivity index (χ2v) is 5.53. The molecule has 2 aromatic rings. The third-order valence-corrected chi connectivity index (χ3v) is 3.47. The molecule has 0 radical (unpaired) electrons. The van der Waals surface area contributed by atoms with E-state index in [4.69, 9.17) is 4.52 Å². The standard InChI is InChI=1S/C14H16BrN3O2/c1-9-13(10(2)20-17-9)16-14(19)18(3)8-11-4-6-12(15)7-5-11/h4-7H,8H2,1-3H3,(H,16,19). The topological polar surface area (TPSA) is 58.4 Å². The maximum Gasteiger partial charge on any atom is 0.322 e. The molecule has 0 fully saturated rings. The Bertz CT molecular complexity index is 588. The van der Waals surface area contributed by atoms with E-state index in [1.807, 2.05) is 24.3 Å². The summed E-state index contributed by atoms with van der Waals surface area (Å²) in [5, 5.41) is 6.62. The van der Waals surface area contributed by atoms with Crippen LogP contribution in [0.2, 0.25) is 0 Å². The molecule has 2 amide bonds. The molecule has 0 saturated heterocycles. The molecule has 1 aromatic carbocycles. The van der Waals surface area contributed by atoms with E-state index in [9.17, 15) is 4.79 Å². The van der Waals surface area contributed by atoms with E-state index < -0.39 is 0 Å². The second-order valence-electron chi connectivity index (χ2n) is 4.61. The molecule has 0 aliphatic heterocycles. The van der Waals surface area contributed by atoms with Gasteiger partial charge in [-0.15, -0.1) is 0 Å². The zero-order valence-corrected chi connectivity index (χ0v) is 13.2. The molecule has 20 heavy (non-hydrogen) atoms. The van der Waals surface area contributed by atoms with Gasteiger partial charge in [-0.2, -0.15) is 0 Å². The predicted octanol–water partition coefficient (Wildman–Crippen LogP) is 3.72. The molecule has 0 aliphatic carbocycles. The van der Waals surface area contributed by atoms with Crippen LogP contribution in [-0.2, 0) is 6.54 Å². The van der Waals surface area contributed by atoms with Crippen LogP contribution in [0.25, 0.3) is 0 Å². The number of benzene rings is 1. The Balaban J connectivity index is 2.00. The van der Waals surface area contributed by atoms with E-state index in [1.165, 1.54) is 0 Å². The van der Waals surface area contributed by atoms with Crippen molar-refractivity contribution in [2.45, 2.75) is 20.4 Å². The highest BCUT2D eigenvalue weighted by Crippen LogP contribution is 2.19. The van der Waals surface area contributed by atoms with Crippen molar-refractivity contribution >= 4 is 27.6 Å². The van der Waals surface area contributed by atoms with Crippen molar-refractivity contribution in [3.05, 3.63) is 45.8 Å². The van der Waals surface area contributed by atoms with Gasteiger partial charge in [0.25, 0.3) is 0 Å². The van der Waals surface area contributed by atoms with Gasteiger partial charge in [0, 0.05) is 18.1 Å². The Hall–Kier alpha value is -1.82. The van der Waals surface area contributed by atoms with Crippen molar-refractivity contribution in [1.82, 2.24) is 10.1 Å². The summed E-state index contributed by atoms with van der Waals surface area (Å²) < 4.78 is 6.04.